The van der Waals surface area contributed by atoms with Crippen molar-refractivity contribution >= 4 is 23.0 Å². The number of carbonyl (C=O) groups excluding carboxylic acids is 1. The molecule has 2 N–H and O–H groups in total. The van der Waals surface area contributed by atoms with Crippen LogP contribution in [0.2, 0.25) is 0 Å². The van der Waals surface area contributed by atoms with Crippen molar-refractivity contribution in [2.45, 2.75) is 38.5 Å². The van der Waals surface area contributed by atoms with Gasteiger partial charge in [0.25, 0.3) is 0 Å². The zero-order valence-electron chi connectivity index (χ0n) is 13.4. The lowest BCUT2D eigenvalue weighted by molar-refractivity contribution is -0.117. The van der Waals surface area contributed by atoms with Crippen LogP contribution < -0.4 is 10.6 Å². The molecular weight excluding hydrogens is 284 g/mol. The third-order valence-electron chi connectivity index (χ3n) is 4.43. The Kier molecular flexibility index (Phi) is 5.30. The van der Waals surface area contributed by atoms with Gasteiger partial charge >= 0.3 is 0 Å². The van der Waals surface area contributed by atoms with Gasteiger partial charge < -0.3 is 10.6 Å². The molecule has 0 unspecified atom stereocenters. The lowest BCUT2D eigenvalue weighted by atomic mass is 9.87. The lowest BCUT2D eigenvalue weighted by Gasteiger charge is -2.20. The molecule has 0 aromatic heterocycles. The third kappa shape index (κ3) is 4.85. The number of rotatable bonds is 5. The maximum absolute atomic E-state index is 12.1. The molecule has 1 amide bonds. The van der Waals surface area contributed by atoms with Gasteiger partial charge in [-0.3, -0.25) is 4.79 Å². The zero-order chi connectivity index (χ0) is 15.9. The van der Waals surface area contributed by atoms with E-state index in [4.69, 9.17) is 0 Å². The van der Waals surface area contributed by atoms with Crippen LogP contribution in [0.4, 0.5) is 17.1 Å². The van der Waals surface area contributed by atoms with Crippen molar-refractivity contribution in [2.24, 2.45) is 5.92 Å². The topological polar surface area (TPSA) is 41.1 Å². The van der Waals surface area contributed by atoms with Gasteiger partial charge in [-0.05, 0) is 55.2 Å². The molecule has 0 atom stereocenters. The normalized spacial score (nSPS) is 15.1. The second-order valence-electron chi connectivity index (χ2n) is 6.32. The summed E-state index contributed by atoms with van der Waals surface area (Å²) in [6.45, 7) is 0. The monoisotopic (exact) mass is 308 g/mol. The Balaban J connectivity index is 1.51. The summed E-state index contributed by atoms with van der Waals surface area (Å²) < 4.78 is 0. The van der Waals surface area contributed by atoms with Gasteiger partial charge in [0.1, 0.15) is 0 Å². The van der Waals surface area contributed by atoms with Gasteiger partial charge in [0, 0.05) is 23.5 Å². The molecule has 0 radical (unpaired) electrons. The molecule has 0 spiro atoms. The molecule has 0 saturated heterocycles. The highest BCUT2D eigenvalue weighted by Gasteiger charge is 2.16. The number of hydrogen-bond donors (Lipinski definition) is 2. The standard InChI is InChI=1S/C20H24N2O/c23-20(15-16-7-3-1-4-8-16)22-19-13-11-18(12-14-19)21-17-9-5-2-6-10-17/h2,5-6,9-14,16,21H,1,3-4,7-8,15H2,(H,22,23). The van der Waals surface area contributed by atoms with E-state index in [0.717, 1.165) is 17.1 Å². The van der Waals surface area contributed by atoms with Crippen LogP contribution in [0.25, 0.3) is 0 Å². The van der Waals surface area contributed by atoms with E-state index >= 15 is 0 Å². The fraction of sp³-hybridized carbons (Fsp3) is 0.350. The highest BCUT2D eigenvalue weighted by atomic mass is 16.1. The van der Waals surface area contributed by atoms with Crippen LogP contribution in [0.5, 0.6) is 0 Å². The van der Waals surface area contributed by atoms with Crippen LogP contribution in [-0.2, 0) is 4.79 Å². The predicted molar refractivity (Wildman–Crippen MR) is 96.0 cm³/mol. The minimum atomic E-state index is 0.140. The lowest BCUT2D eigenvalue weighted by Crippen LogP contribution is -2.18. The van der Waals surface area contributed by atoms with Crippen molar-refractivity contribution in [3.05, 3.63) is 54.6 Å². The summed E-state index contributed by atoms with van der Waals surface area (Å²) in [5.74, 6) is 0.712. The van der Waals surface area contributed by atoms with E-state index in [1.165, 1.54) is 32.1 Å². The first kappa shape index (κ1) is 15.6. The fourth-order valence-corrected chi connectivity index (χ4v) is 3.19. The molecule has 2 aromatic carbocycles. The molecule has 23 heavy (non-hydrogen) atoms. The number of carbonyl (C=O) groups is 1. The largest absolute Gasteiger partial charge is 0.356 e. The molecule has 3 heteroatoms. The first-order valence-corrected chi connectivity index (χ1v) is 8.51. The Morgan fingerprint density at radius 2 is 1.43 bits per heavy atom. The van der Waals surface area contributed by atoms with Crippen LogP contribution in [0, 0.1) is 5.92 Å². The van der Waals surface area contributed by atoms with Crippen LogP contribution in [0.3, 0.4) is 0 Å². The Labute approximate surface area is 138 Å². The summed E-state index contributed by atoms with van der Waals surface area (Å²) in [4.78, 5) is 12.1. The molecular formula is C20H24N2O. The first-order valence-electron chi connectivity index (χ1n) is 8.51. The SMILES string of the molecule is O=C(CC1CCCCC1)Nc1ccc(Nc2ccccc2)cc1. The van der Waals surface area contributed by atoms with Crippen LogP contribution >= 0.6 is 0 Å². The van der Waals surface area contributed by atoms with Crippen LogP contribution in [-0.4, -0.2) is 5.91 Å². The average Bonchev–Trinajstić information content (AvgIpc) is 2.58. The summed E-state index contributed by atoms with van der Waals surface area (Å²) in [7, 11) is 0. The van der Waals surface area contributed by atoms with Gasteiger partial charge in [-0.1, -0.05) is 37.5 Å². The maximum Gasteiger partial charge on any atom is 0.224 e. The Morgan fingerprint density at radius 1 is 0.826 bits per heavy atom. The molecule has 0 bridgehead atoms. The molecule has 0 aliphatic heterocycles. The minimum Gasteiger partial charge on any atom is -0.356 e. The highest BCUT2D eigenvalue weighted by molar-refractivity contribution is 5.91. The fourth-order valence-electron chi connectivity index (χ4n) is 3.19. The number of nitrogens with one attached hydrogen (secondary N) is 2. The van der Waals surface area contributed by atoms with Gasteiger partial charge in [0.05, 0.1) is 0 Å². The van der Waals surface area contributed by atoms with Crippen molar-refractivity contribution in [3.63, 3.8) is 0 Å². The summed E-state index contributed by atoms with van der Waals surface area (Å²) in [6.07, 6.45) is 6.94. The highest BCUT2D eigenvalue weighted by Crippen LogP contribution is 2.26. The summed E-state index contributed by atoms with van der Waals surface area (Å²) in [5, 5.41) is 6.35. The smallest absolute Gasteiger partial charge is 0.224 e. The quantitative estimate of drug-likeness (QED) is 0.783. The third-order valence-corrected chi connectivity index (χ3v) is 4.43. The number of anilines is 3. The molecule has 1 saturated carbocycles. The van der Waals surface area contributed by atoms with Crippen molar-refractivity contribution in [3.8, 4) is 0 Å². The molecule has 1 aliphatic carbocycles. The molecule has 3 rings (SSSR count). The summed E-state index contributed by atoms with van der Waals surface area (Å²) in [5.41, 5.74) is 2.94. The van der Waals surface area contributed by atoms with Gasteiger partial charge in [-0.2, -0.15) is 0 Å². The summed E-state index contributed by atoms with van der Waals surface area (Å²) in [6, 6.07) is 17.9. The Bertz CT molecular complexity index is 616. The Hall–Kier alpha value is -2.29. The van der Waals surface area contributed by atoms with E-state index in [2.05, 4.69) is 10.6 Å². The van der Waals surface area contributed by atoms with Crippen LogP contribution in [0.15, 0.2) is 54.6 Å². The number of amides is 1. The average molecular weight is 308 g/mol. The van der Waals surface area contributed by atoms with Crippen molar-refractivity contribution in [1.29, 1.82) is 0 Å². The molecule has 1 aliphatic rings. The second-order valence-corrected chi connectivity index (χ2v) is 6.32. The minimum absolute atomic E-state index is 0.140. The van der Waals surface area contributed by atoms with E-state index in [-0.39, 0.29) is 5.91 Å². The van der Waals surface area contributed by atoms with E-state index in [1.807, 2.05) is 54.6 Å². The predicted octanol–water partition coefficient (Wildman–Crippen LogP) is 5.34. The van der Waals surface area contributed by atoms with Gasteiger partial charge in [0.2, 0.25) is 5.91 Å². The van der Waals surface area contributed by atoms with Gasteiger partial charge in [-0.15, -0.1) is 0 Å². The zero-order valence-corrected chi connectivity index (χ0v) is 13.4. The first-order chi connectivity index (χ1) is 11.3. The van der Waals surface area contributed by atoms with Gasteiger partial charge in [0.15, 0.2) is 0 Å². The van der Waals surface area contributed by atoms with E-state index in [9.17, 15) is 4.79 Å². The van der Waals surface area contributed by atoms with E-state index in [1.54, 1.807) is 0 Å². The van der Waals surface area contributed by atoms with Gasteiger partial charge in [-0.25, -0.2) is 0 Å². The second kappa shape index (κ2) is 7.82. The molecule has 3 nitrogen and oxygen atoms in total. The molecule has 120 valence electrons. The summed E-state index contributed by atoms with van der Waals surface area (Å²) >= 11 is 0. The van der Waals surface area contributed by atoms with Crippen molar-refractivity contribution < 1.29 is 4.79 Å². The number of para-hydroxylation sites is 1. The van der Waals surface area contributed by atoms with Crippen molar-refractivity contribution in [2.75, 3.05) is 10.6 Å². The molecule has 1 fully saturated rings. The van der Waals surface area contributed by atoms with E-state index < -0.39 is 0 Å². The molecule has 2 aromatic rings. The number of hydrogen-bond acceptors (Lipinski definition) is 2. The molecule has 0 heterocycles. The van der Waals surface area contributed by atoms with E-state index in [0.29, 0.717) is 12.3 Å². The van der Waals surface area contributed by atoms with Crippen molar-refractivity contribution in [1.82, 2.24) is 0 Å². The Morgan fingerprint density at radius 3 is 2.13 bits per heavy atom. The number of benzene rings is 2. The maximum atomic E-state index is 12.1. The van der Waals surface area contributed by atoms with Crippen LogP contribution in [0.1, 0.15) is 38.5 Å².